The van der Waals surface area contributed by atoms with Gasteiger partial charge in [-0.1, -0.05) is 45.0 Å². The Morgan fingerprint density at radius 1 is 1.10 bits per heavy atom. The van der Waals surface area contributed by atoms with Crippen molar-refractivity contribution in [2.24, 2.45) is 11.3 Å². The Labute approximate surface area is 132 Å². The van der Waals surface area contributed by atoms with E-state index in [0.29, 0.717) is 11.5 Å². The van der Waals surface area contributed by atoms with Gasteiger partial charge in [0.1, 0.15) is 0 Å². The summed E-state index contributed by atoms with van der Waals surface area (Å²) in [4.78, 5) is 1.35. The van der Waals surface area contributed by atoms with E-state index < -0.39 is 0 Å². The largest absolute Gasteiger partial charge is 0.382 e. The van der Waals surface area contributed by atoms with Gasteiger partial charge in [0.2, 0.25) is 0 Å². The number of benzene rings is 1. The van der Waals surface area contributed by atoms with Crippen LogP contribution in [0.15, 0.2) is 41.8 Å². The number of para-hydroxylation sites is 1. The number of rotatable bonds is 3. The normalized spacial score (nSPS) is 24.7. The van der Waals surface area contributed by atoms with E-state index in [-0.39, 0.29) is 0 Å². The van der Waals surface area contributed by atoms with Gasteiger partial charge in [-0.3, -0.25) is 0 Å². The zero-order valence-electron chi connectivity index (χ0n) is 13.2. The maximum atomic E-state index is 3.83. The molecule has 2 heteroatoms. The van der Waals surface area contributed by atoms with E-state index in [1.807, 2.05) is 11.3 Å². The van der Waals surface area contributed by atoms with Gasteiger partial charge >= 0.3 is 0 Å². The molecule has 0 aliphatic heterocycles. The van der Waals surface area contributed by atoms with Crippen molar-refractivity contribution in [1.82, 2.24) is 0 Å². The highest BCUT2D eigenvalue weighted by Crippen LogP contribution is 2.40. The molecular weight excluding hydrogens is 274 g/mol. The summed E-state index contributed by atoms with van der Waals surface area (Å²) in [7, 11) is 0. The first kappa shape index (κ1) is 14.6. The standard InChI is InChI=1S/C19H25NS/c1-14-11-15(13-19(2,3)12-14)20-17-8-5-4-7-16(17)18-9-6-10-21-18/h4-10,14-15,20H,11-13H2,1-3H3. The average molecular weight is 299 g/mol. The monoisotopic (exact) mass is 299 g/mol. The molecule has 0 saturated heterocycles. The maximum absolute atomic E-state index is 3.83. The molecule has 3 rings (SSSR count). The van der Waals surface area contributed by atoms with Gasteiger partial charge in [0.15, 0.2) is 0 Å². The van der Waals surface area contributed by atoms with Crippen molar-refractivity contribution in [3.63, 3.8) is 0 Å². The zero-order chi connectivity index (χ0) is 14.9. The predicted molar refractivity (Wildman–Crippen MR) is 94.0 cm³/mol. The molecule has 1 aromatic heterocycles. The fourth-order valence-corrected chi connectivity index (χ4v) is 4.70. The molecular formula is C19H25NS. The number of thiophene rings is 1. The molecule has 1 aromatic carbocycles. The maximum Gasteiger partial charge on any atom is 0.0430 e. The third kappa shape index (κ3) is 3.49. The molecule has 1 heterocycles. The van der Waals surface area contributed by atoms with Gasteiger partial charge in [-0.2, -0.15) is 0 Å². The number of hydrogen-bond donors (Lipinski definition) is 1. The van der Waals surface area contributed by atoms with Crippen LogP contribution in [0, 0.1) is 11.3 Å². The van der Waals surface area contributed by atoms with Crippen LogP contribution in [0.5, 0.6) is 0 Å². The lowest BCUT2D eigenvalue weighted by Crippen LogP contribution is -2.35. The molecule has 1 aliphatic rings. The van der Waals surface area contributed by atoms with Gasteiger partial charge in [-0.05, 0) is 48.1 Å². The summed E-state index contributed by atoms with van der Waals surface area (Å²) in [5.41, 5.74) is 3.08. The second-order valence-electron chi connectivity index (χ2n) is 7.28. The summed E-state index contributed by atoms with van der Waals surface area (Å²) in [5, 5.41) is 5.98. The molecule has 1 N–H and O–H groups in total. The van der Waals surface area contributed by atoms with E-state index in [2.05, 4.69) is 67.9 Å². The van der Waals surface area contributed by atoms with Gasteiger partial charge in [0.25, 0.3) is 0 Å². The first-order valence-electron chi connectivity index (χ1n) is 7.93. The lowest BCUT2D eigenvalue weighted by atomic mass is 9.70. The van der Waals surface area contributed by atoms with Gasteiger partial charge in [0, 0.05) is 22.2 Å². The molecule has 112 valence electrons. The second-order valence-corrected chi connectivity index (χ2v) is 8.23. The van der Waals surface area contributed by atoms with Crippen LogP contribution in [0.25, 0.3) is 10.4 Å². The SMILES string of the molecule is CC1CC(Nc2ccccc2-c2cccs2)CC(C)(C)C1. The number of hydrogen-bond acceptors (Lipinski definition) is 2. The summed E-state index contributed by atoms with van der Waals surface area (Å²) in [6, 6.07) is 13.6. The summed E-state index contributed by atoms with van der Waals surface area (Å²) < 4.78 is 0. The first-order chi connectivity index (χ1) is 10.0. The lowest BCUT2D eigenvalue weighted by Gasteiger charge is -2.39. The molecule has 0 radical (unpaired) electrons. The van der Waals surface area contributed by atoms with Gasteiger partial charge in [0.05, 0.1) is 0 Å². The van der Waals surface area contributed by atoms with E-state index in [4.69, 9.17) is 0 Å². The zero-order valence-corrected chi connectivity index (χ0v) is 14.0. The highest BCUT2D eigenvalue weighted by atomic mass is 32.1. The van der Waals surface area contributed by atoms with Crippen LogP contribution in [0.1, 0.15) is 40.0 Å². The van der Waals surface area contributed by atoms with Gasteiger partial charge < -0.3 is 5.32 Å². The minimum Gasteiger partial charge on any atom is -0.382 e. The highest BCUT2D eigenvalue weighted by molar-refractivity contribution is 7.13. The van der Waals surface area contributed by atoms with E-state index in [0.717, 1.165) is 5.92 Å². The van der Waals surface area contributed by atoms with Crippen LogP contribution in [0.3, 0.4) is 0 Å². The van der Waals surface area contributed by atoms with Crippen molar-refractivity contribution in [1.29, 1.82) is 0 Å². The van der Waals surface area contributed by atoms with Crippen LogP contribution < -0.4 is 5.32 Å². The third-order valence-corrected chi connectivity index (χ3v) is 5.36. The minimum atomic E-state index is 0.452. The predicted octanol–water partition coefficient (Wildman–Crippen LogP) is 6.04. The second kappa shape index (κ2) is 5.84. The van der Waals surface area contributed by atoms with Crippen molar-refractivity contribution in [2.45, 2.75) is 46.1 Å². The van der Waals surface area contributed by atoms with Crippen molar-refractivity contribution in [3.8, 4) is 10.4 Å². The Morgan fingerprint density at radius 3 is 2.62 bits per heavy atom. The van der Waals surface area contributed by atoms with E-state index in [1.54, 1.807) is 0 Å². The summed E-state index contributed by atoms with van der Waals surface area (Å²) in [6.07, 6.45) is 3.88. The molecule has 0 bridgehead atoms. The molecule has 1 fully saturated rings. The van der Waals surface area contributed by atoms with E-state index in [9.17, 15) is 0 Å². The minimum absolute atomic E-state index is 0.452. The Morgan fingerprint density at radius 2 is 1.90 bits per heavy atom. The Kier molecular flexibility index (Phi) is 4.08. The van der Waals surface area contributed by atoms with E-state index in [1.165, 1.54) is 35.4 Å². The Balaban J connectivity index is 1.82. The van der Waals surface area contributed by atoms with Gasteiger partial charge in [-0.15, -0.1) is 11.3 Å². The van der Waals surface area contributed by atoms with Crippen LogP contribution in [0.2, 0.25) is 0 Å². The molecule has 0 amide bonds. The molecule has 1 nitrogen and oxygen atoms in total. The van der Waals surface area contributed by atoms with Crippen LogP contribution in [0.4, 0.5) is 5.69 Å². The smallest absolute Gasteiger partial charge is 0.0430 e. The summed E-state index contributed by atoms with van der Waals surface area (Å²) in [5.74, 6) is 0.806. The third-order valence-electron chi connectivity index (χ3n) is 4.46. The molecule has 21 heavy (non-hydrogen) atoms. The quantitative estimate of drug-likeness (QED) is 0.728. The lowest BCUT2D eigenvalue weighted by molar-refractivity contribution is 0.178. The van der Waals surface area contributed by atoms with Crippen molar-refractivity contribution < 1.29 is 0 Å². The topological polar surface area (TPSA) is 12.0 Å². The van der Waals surface area contributed by atoms with Crippen LogP contribution in [-0.2, 0) is 0 Å². The first-order valence-corrected chi connectivity index (χ1v) is 8.81. The van der Waals surface area contributed by atoms with Crippen LogP contribution >= 0.6 is 11.3 Å². The van der Waals surface area contributed by atoms with Crippen LogP contribution in [-0.4, -0.2) is 6.04 Å². The average Bonchev–Trinajstić information content (AvgIpc) is 2.90. The fourth-order valence-electron chi connectivity index (χ4n) is 3.93. The summed E-state index contributed by atoms with van der Waals surface area (Å²) in [6.45, 7) is 7.20. The molecule has 1 saturated carbocycles. The molecule has 2 atom stereocenters. The molecule has 1 aliphatic carbocycles. The summed E-state index contributed by atoms with van der Waals surface area (Å²) >= 11 is 1.81. The van der Waals surface area contributed by atoms with Crippen molar-refractivity contribution >= 4 is 17.0 Å². The Bertz CT molecular complexity index is 585. The number of nitrogens with one attached hydrogen (secondary N) is 1. The van der Waals surface area contributed by atoms with Gasteiger partial charge in [-0.25, -0.2) is 0 Å². The number of anilines is 1. The molecule has 2 unspecified atom stereocenters. The van der Waals surface area contributed by atoms with E-state index >= 15 is 0 Å². The van der Waals surface area contributed by atoms with Crippen molar-refractivity contribution in [3.05, 3.63) is 41.8 Å². The molecule has 2 aromatic rings. The van der Waals surface area contributed by atoms with Crippen molar-refractivity contribution in [2.75, 3.05) is 5.32 Å². The molecule has 0 spiro atoms. The Hall–Kier alpha value is -1.28. The fraction of sp³-hybridized carbons (Fsp3) is 0.474. The highest BCUT2D eigenvalue weighted by Gasteiger charge is 2.32.